The van der Waals surface area contributed by atoms with Crippen LogP contribution in [-0.2, 0) is 10.0 Å². The highest BCUT2D eigenvalue weighted by atomic mass is 32.2. The zero-order valence-corrected chi connectivity index (χ0v) is 11.5. The van der Waals surface area contributed by atoms with Crippen molar-refractivity contribution >= 4 is 10.0 Å². The SMILES string of the molecule is CCC(CN)NS(=O)(=O)c1ccc(OC(F)(F)F)cc1. The van der Waals surface area contributed by atoms with Crippen molar-refractivity contribution in [2.75, 3.05) is 6.54 Å². The number of hydrogen-bond acceptors (Lipinski definition) is 4. The zero-order valence-electron chi connectivity index (χ0n) is 10.6. The van der Waals surface area contributed by atoms with Crippen LogP contribution in [0.3, 0.4) is 0 Å². The van der Waals surface area contributed by atoms with E-state index in [2.05, 4.69) is 9.46 Å². The summed E-state index contributed by atoms with van der Waals surface area (Å²) in [5.74, 6) is -0.484. The first-order chi connectivity index (χ1) is 9.18. The van der Waals surface area contributed by atoms with Crippen molar-refractivity contribution < 1.29 is 26.3 Å². The van der Waals surface area contributed by atoms with Crippen LogP contribution in [0.2, 0.25) is 0 Å². The molecule has 0 fully saturated rings. The van der Waals surface area contributed by atoms with Gasteiger partial charge < -0.3 is 10.5 Å². The third-order valence-electron chi connectivity index (χ3n) is 2.47. The van der Waals surface area contributed by atoms with Gasteiger partial charge in [-0.15, -0.1) is 13.2 Å². The Bertz CT molecular complexity index is 525. The lowest BCUT2D eigenvalue weighted by Gasteiger charge is -2.15. The Balaban J connectivity index is 2.87. The summed E-state index contributed by atoms with van der Waals surface area (Å²) >= 11 is 0. The highest BCUT2D eigenvalue weighted by Crippen LogP contribution is 2.23. The standard InChI is InChI=1S/C11H15F3N2O3S/c1-2-8(7-15)16-20(17,18)10-5-3-9(4-6-10)19-11(12,13)14/h3-6,8,16H,2,7,15H2,1H3. The van der Waals surface area contributed by atoms with E-state index in [0.717, 1.165) is 24.3 Å². The molecule has 1 aromatic rings. The smallest absolute Gasteiger partial charge is 0.406 e. The van der Waals surface area contributed by atoms with Crippen molar-refractivity contribution in [1.82, 2.24) is 4.72 Å². The van der Waals surface area contributed by atoms with E-state index >= 15 is 0 Å². The van der Waals surface area contributed by atoms with Gasteiger partial charge in [-0.3, -0.25) is 0 Å². The van der Waals surface area contributed by atoms with Crippen molar-refractivity contribution in [3.05, 3.63) is 24.3 Å². The fourth-order valence-electron chi connectivity index (χ4n) is 1.41. The summed E-state index contributed by atoms with van der Waals surface area (Å²) in [5, 5.41) is 0. The van der Waals surface area contributed by atoms with E-state index < -0.39 is 28.2 Å². The molecule has 0 aromatic heterocycles. The van der Waals surface area contributed by atoms with Gasteiger partial charge in [0.25, 0.3) is 0 Å². The van der Waals surface area contributed by atoms with Gasteiger partial charge in [-0.05, 0) is 30.7 Å². The predicted octanol–water partition coefficient (Wildman–Crippen LogP) is 1.60. The van der Waals surface area contributed by atoms with Crippen LogP contribution in [0, 0.1) is 0 Å². The molecule has 1 rings (SSSR count). The second kappa shape index (κ2) is 6.42. The van der Waals surface area contributed by atoms with E-state index in [4.69, 9.17) is 5.73 Å². The molecule has 1 atom stereocenters. The predicted molar refractivity (Wildman–Crippen MR) is 66.6 cm³/mol. The maximum atomic E-state index is 12.0. The number of nitrogens with two attached hydrogens (primary N) is 1. The minimum Gasteiger partial charge on any atom is -0.406 e. The molecule has 20 heavy (non-hydrogen) atoms. The Hall–Kier alpha value is -1.32. The van der Waals surface area contributed by atoms with E-state index in [1.165, 1.54) is 0 Å². The Morgan fingerprint density at radius 1 is 1.30 bits per heavy atom. The minimum absolute atomic E-state index is 0.130. The minimum atomic E-state index is -4.81. The van der Waals surface area contributed by atoms with E-state index in [-0.39, 0.29) is 11.4 Å². The number of benzene rings is 1. The summed E-state index contributed by atoms with van der Waals surface area (Å²) in [5.41, 5.74) is 5.39. The van der Waals surface area contributed by atoms with Crippen LogP contribution < -0.4 is 15.2 Å². The summed E-state index contributed by atoms with van der Waals surface area (Å²) in [6.45, 7) is 1.89. The van der Waals surface area contributed by atoms with E-state index in [1.54, 1.807) is 6.92 Å². The second-order valence-corrected chi connectivity index (χ2v) is 5.70. The zero-order chi connectivity index (χ0) is 15.4. The molecule has 0 radical (unpaired) electrons. The lowest BCUT2D eigenvalue weighted by atomic mass is 10.2. The second-order valence-electron chi connectivity index (χ2n) is 3.98. The van der Waals surface area contributed by atoms with Crippen LogP contribution in [0.4, 0.5) is 13.2 Å². The Morgan fingerprint density at radius 3 is 2.25 bits per heavy atom. The fraction of sp³-hybridized carbons (Fsp3) is 0.455. The van der Waals surface area contributed by atoms with E-state index in [0.29, 0.717) is 6.42 Å². The maximum absolute atomic E-state index is 12.0. The quantitative estimate of drug-likeness (QED) is 0.836. The maximum Gasteiger partial charge on any atom is 0.573 e. The molecule has 0 saturated carbocycles. The first kappa shape index (κ1) is 16.7. The third-order valence-corrected chi connectivity index (χ3v) is 4.00. The topological polar surface area (TPSA) is 81.4 Å². The third kappa shape index (κ3) is 4.99. The van der Waals surface area contributed by atoms with Crippen molar-refractivity contribution in [2.45, 2.75) is 30.6 Å². The van der Waals surface area contributed by atoms with Crippen molar-refractivity contribution in [1.29, 1.82) is 0 Å². The number of sulfonamides is 1. The molecule has 3 N–H and O–H groups in total. The molecular weight excluding hydrogens is 297 g/mol. The van der Waals surface area contributed by atoms with Crippen LogP contribution in [0.1, 0.15) is 13.3 Å². The number of nitrogens with one attached hydrogen (secondary N) is 1. The summed E-state index contributed by atoms with van der Waals surface area (Å²) < 4.78 is 65.8. The molecule has 0 heterocycles. The molecule has 0 amide bonds. The molecule has 0 spiro atoms. The Kier molecular flexibility index (Phi) is 5.37. The van der Waals surface area contributed by atoms with Crippen LogP contribution >= 0.6 is 0 Å². The molecule has 0 aliphatic rings. The van der Waals surface area contributed by atoms with Gasteiger partial charge >= 0.3 is 6.36 Å². The normalized spacial score (nSPS) is 14.1. The van der Waals surface area contributed by atoms with Gasteiger partial charge in [0, 0.05) is 12.6 Å². The van der Waals surface area contributed by atoms with Crippen LogP contribution in [0.25, 0.3) is 0 Å². The first-order valence-corrected chi connectivity index (χ1v) is 7.24. The van der Waals surface area contributed by atoms with Gasteiger partial charge in [0.15, 0.2) is 0 Å². The van der Waals surface area contributed by atoms with Crippen LogP contribution in [0.15, 0.2) is 29.2 Å². The molecule has 0 aliphatic carbocycles. The highest BCUT2D eigenvalue weighted by molar-refractivity contribution is 7.89. The van der Waals surface area contributed by atoms with E-state index in [9.17, 15) is 21.6 Å². The van der Waals surface area contributed by atoms with Gasteiger partial charge in [-0.2, -0.15) is 0 Å². The summed E-state index contributed by atoms with van der Waals surface area (Å²) in [6, 6.07) is 3.52. The molecule has 5 nitrogen and oxygen atoms in total. The van der Waals surface area contributed by atoms with Crippen molar-refractivity contribution in [3.63, 3.8) is 0 Å². The van der Waals surface area contributed by atoms with Gasteiger partial charge in [0.05, 0.1) is 4.90 Å². The Morgan fingerprint density at radius 2 is 1.85 bits per heavy atom. The van der Waals surface area contributed by atoms with Crippen LogP contribution in [-0.4, -0.2) is 27.4 Å². The fourth-order valence-corrected chi connectivity index (χ4v) is 2.74. The lowest BCUT2D eigenvalue weighted by Crippen LogP contribution is -2.39. The largest absolute Gasteiger partial charge is 0.573 e. The number of rotatable bonds is 6. The van der Waals surface area contributed by atoms with Crippen LogP contribution in [0.5, 0.6) is 5.75 Å². The molecule has 1 aromatic carbocycles. The number of alkyl halides is 3. The number of hydrogen-bond donors (Lipinski definition) is 2. The van der Waals surface area contributed by atoms with Crippen molar-refractivity contribution in [3.8, 4) is 5.75 Å². The molecule has 9 heteroatoms. The highest BCUT2D eigenvalue weighted by Gasteiger charge is 2.31. The number of ether oxygens (including phenoxy) is 1. The monoisotopic (exact) mass is 312 g/mol. The van der Waals surface area contributed by atoms with Gasteiger partial charge in [0.1, 0.15) is 5.75 Å². The summed E-state index contributed by atoms with van der Waals surface area (Å²) in [4.78, 5) is -0.154. The summed E-state index contributed by atoms with van der Waals surface area (Å²) in [6.07, 6.45) is -4.31. The lowest BCUT2D eigenvalue weighted by molar-refractivity contribution is -0.274. The van der Waals surface area contributed by atoms with Gasteiger partial charge in [0.2, 0.25) is 10.0 Å². The van der Waals surface area contributed by atoms with E-state index in [1.807, 2.05) is 0 Å². The first-order valence-electron chi connectivity index (χ1n) is 5.76. The average Bonchev–Trinajstić information content (AvgIpc) is 2.34. The number of halogens is 3. The van der Waals surface area contributed by atoms with Gasteiger partial charge in [-0.25, -0.2) is 13.1 Å². The average molecular weight is 312 g/mol. The van der Waals surface area contributed by atoms with Crippen molar-refractivity contribution in [2.24, 2.45) is 5.73 Å². The molecule has 1 unspecified atom stereocenters. The molecule has 0 bridgehead atoms. The molecule has 114 valence electrons. The summed E-state index contributed by atoms with van der Waals surface area (Å²) in [7, 11) is -3.81. The molecule has 0 saturated heterocycles. The molecular formula is C11H15F3N2O3S. The Labute approximate surface area is 115 Å². The molecule has 0 aliphatic heterocycles. The van der Waals surface area contributed by atoms with Gasteiger partial charge in [-0.1, -0.05) is 6.92 Å².